The van der Waals surface area contributed by atoms with E-state index >= 15 is 0 Å². The molecule has 2 aromatic heterocycles. The number of ether oxygens (including phenoxy) is 1. The van der Waals surface area contributed by atoms with Crippen LogP contribution in [0.3, 0.4) is 0 Å². The molecule has 0 aliphatic carbocycles. The van der Waals surface area contributed by atoms with Gasteiger partial charge in [-0.2, -0.15) is 5.26 Å². The van der Waals surface area contributed by atoms with Gasteiger partial charge in [-0.3, -0.25) is 9.36 Å². The van der Waals surface area contributed by atoms with Crippen molar-refractivity contribution in [2.75, 3.05) is 19.7 Å². The van der Waals surface area contributed by atoms with Gasteiger partial charge >= 0.3 is 5.76 Å². The standard InChI is InChI=1S/C21H22N6O4/c1-27-16-7-13(3-4-17(16)31-21(27)29)14-10-24-19(25-11-14)8-15(9-22)26-20(28)18-12-23-5-2-6-30-18/h3-4,7,10-11,15,18,23H,2,5-6,8,12H2,1H3,(H,26,28). The lowest BCUT2D eigenvalue weighted by Crippen LogP contribution is -2.46. The number of hydrogen-bond donors (Lipinski definition) is 2. The number of benzene rings is 1. The fraction of sp³-hybridized carbons (Fsp3) is 0.381. The highest BCUT2D eigenvalue weighted by Gasteiger charge is 2.24. The number of aromatic nitrogens is 3. The van der Waals surface area contributed by atoms with E-state index in [-0.39, 0.29) is 12.3 Å². The Bertz CT molecular complexity index is 1170. The lowest BCUT2D eigenvalue weighted by atomic mass is 10.1. The van der Waals surface area contributed by atoms with E-state index < -0.39 is 17.9 Å². The van der Waals surface area contributed by atoms with Crippen LogP contribution in [0.5, 0.6) is 0 Å². The normalized spacial score (nSPS) is 17.6. The molecule has 1 amide bonds. The van der Waals surface area contributed by atoms with Crippen LogP contribution in [0.15, 0.2) is 39.8 Å². The number of nitrogens with one attached hydrogen (secondary N) is 2. The zero-order valence-corrected chi connectivity index (χ0v) is 17.0. The SMILES string of the molecule is Cn1c(=O)oc2ccc(-c3cnc(CC(C#N)NC(=O)C4CNCCCO4)nc3)cc21. The van der Waals surface area contributed by atoms with Gasteiger partial charge in [0.25, 0.3) is 5.91 Å². The summed E-state index contributed by atoms with van der Waals surface area (Å²) in [6.07, 6.45) is 3.70. The maximum atomic E-state index is 12.4. The van der Waals surface area contributed by atoms with Gasteiger partial charge in [0, 0.05) is 44.6 Å². The molecule has 1 aliphatic rings. The third-order valence-electron chi connectivity index (χ3n) is 5.13. The number of nitrogens with zero attached hydrogens (tertiary/aromatic N) is 4. The molecule has 10 heteroatoms. The van der Waals surface area contributed by atoms with Crippen LogP contribution < -0.4 is 16.4 Å². The third kappa shape index (κ3) is 4.63. The van der Waals surface area contributed by atoms with Gasteiger partial charge in [0.1, 0.15) is 18.0 Å². The molecule has 1 saturated heterocycles. The average molecular weight is 422 g/mol. The Morgan fingerprint density at radius 3 is 2.97 bits per heavy atom. The number of aryl methyl sites for hydroxylation is 1. The second kappa shape index (κ2) is 9.07. The molecule has 0 radical (unpaired) electrons. The van der Waals surface area contributed by atoms with E-state index in [0.29, 0.717) is 30.1 Å². The van der Waals surface area contributed by atoms with Gasteiger partial charge in [-0.1, -0.05) is 6.07 Å². The van der Waals surface area contributed by atoms with Crippen LogP contribution in [0.4, 0.5) is 0 Å². The lowest BCUT2D eigenvalue weighted by molar-refractivity contribution is -0.132. The van der Waals surface area contributed by atoms with E-state index in [4.69, 9.17) is 9.15 Å². The molecule has 1 fully saturated rings. The molecule has 0 saturated carbocycles. The first-order valence-electron chi connectivity index (χ1n) is 9.98. The summed E-state index contributed by atoms with van der Waals surface area (Å²) in [6.45, 7) is 1.73. The van der Waals surface area contributed by atoms with Crippen LogP contribution in [-0.2, 0) is 23.0 Å². The fourth-order valence-electron chi connectivity index (χ4n) is 3.37. The van der Waals surface area contributed by atoms with Crippen molar-refractivity contribution in [2.24, 2.45) is 7.05 Å². The van der Waals surface area contributed by atoms with Crippen molar-refractivity contribution in [1.82, 2.24) is 25.2 Å². The van der Waals surface area contributed by atoms with Gasteiger partial charge < -0.3 is 19.8 Å². The molecule has 0 spiro atoms. The summed E-state index contributed by atoms with van der Waals surface area (Å²) in [6, 6.07) is 6.70. The quantitative estimate of drug-likeness (QED) is 0.607. The highest BCUT2D eigenvalue weighted by atomic mass is 16.5. The Balaban J connectivity index is 1.43. The first kappa shape index (κ1) is 20.7. The molecule has 10 nitrogen and oxygen atoms in total. The highest BCUT2D eigenvalue weighted by Crippen LogP contribution is 2.22. The van der Waals surface area contributed by atoms with Crippen molar-refractivity contribution >= 4 is 17.0 Å². The van der Waals surface area contributed by atoms with Crippen LogP contribution in [0.25, 0.3) is 22.2 Å². The van der Waals surface area contributed by atoms with Crippen molar-refractivity contribution in [3.8, 4) is 17.2 Å². The lowest BCUT2D eigenvalue weighted by Gasteiger charge is -2.17. The first-order chi connectivity index (χ1) is 15.0. The Morgan fingerprint density at radius 2 is 2.19 bits per heavy atom. The summed E-state index contributed by atoms with van der Waals surface area (Å²) in [5, 5.41) is 15.3. The van der Waals surface area contributed by atoms with Gasteiger partial charge in [0.05, 0.1) is 11.6 Å². The van der Waals surface area contributed by atoms with E-state index in [2.05, 4.69) is 26.7 Å². The largest absolute Gasteiger partial charge is 0.419 e. The maximum absolute atomic E-state index is 12.4. The second-order valence-electron chi connectivity index (χ2n) is 7.31. The summed E-state index contributed by atoms with van der Waals surface area (Å²) in [4.78, 5) is 32.7. The average Bonchev–Trinajstić information content (AvgIpc) is 2.96. The number of rotatable bonds is 5. The molecule has 2 unspecified atom stereocenters. The van der Waals surface area contributed by atoms with Gasteiger partial charge in [0.2, 0.25) is 0 Å². The van der Waals surface area contributed by atoms with Crippen LogP contribution in [0.1, 0.15) is 12.2 Å². The number of carbonyl (C=O) groups excluding carboxylic acids is 1. The van der Waals surface area contributed by atoms with Crippen LogP contribution >= 0.6 is 0 Å². The van der Waals surface area contributed by atoms with E-state index in [1.165, 1.54) is 4.57 Å². The molecular formula is C21H22N6O4. The number of amides is 1. The van der Waals surface area contributed by atoms with Crippen LogP contribution in [0.2, 0.25) is 0 Å². The number of carbonyl (C=O) groups is 1. The van der Waals surface area contributed by atoms with Crippen molar-refractivity contribution in [1.29, 1.82) is 5.26 Å². The molecule has 3 aromatic rings. The van der Waals surface area contributed by atoms with Crippen molar-refractivity contribution in [3.05, 3.63) is 47.0 Å². The summed E-state index contributed by atoms with van der Waals surface area (Å²) in [7, 11) is 1.64. The second-order valence-corrected chi connectivity index (χ2v) is 7.31. The molecular weight excluding hydrogens is 400 g/mol. The molecule has 2 atom stereocenters. The summed E-state index contributed by atoms with van der Waals surface area (Å²) < 4.78 is 12.1. The first-order valence-corrected chi connectivity index (χ1v) is 9.98. The highest BCUT2D eigenvalue weighted by molar-refractivity contribution is 5.82. The molecule has 2 N–H and O–H groups in total. The minimum atomic E-state index is -0.762. The minimum absolute atomic E-state index is 0.179. The Labute approximate surface area is 177 Å². The van der Waals surface area contributed by atoms with E-state index in [0.717, 1.165) is 24.1 Å². The third-order valence-corrected chi connectivity index (χ3v) is 5.13. The monoisotopic (exact) mass is 422 g/mol. The summed E-state index contributed by atoms with van der Waals surface area (Å²) in [5.41, 5.74) is 2.77. The minimum Gasteiger partial charge on any atom is -0.408 e. The van der Waals surface area contributed by atoms with E-state index in [1.807, 2.05) is 12.1 Å². The van der Waals surface area contributed by atoms with Gasteiger partial charge in [-0.15, -0.1) is 0 Å². The fourth-order valence-corrected chi connectivity index (χ4v) is 3.37. The molecule has 0 bridgehead atoms. The zero-order chi connectivity index (χ0) is 21.8. The summed E-state index contributed by atoms with van der Waals surface area (Å²) >= 11 is 0. The van der Waals surface area contributed by atoms with Crippen LogP contribution in [-0.4, -0.2) is 52.3 Å². The Hall–Kier alpha value is -3.55. The van der Waals surface area contributed by atoms with Gasteiger partial charge in [0.15, 0.2) is 5.58 Å². The number of hydrogen-bond acceptors (Lipinski definition) is 8. The summed E-state index contributed by atoms with van der Waals surface area (Å²) in [5.74, 6) is -0.308. The molecule has 31 heavy (non-hydrogen) atoms. The van der Waals surface area contributed by atoms with Gasteiger partial charge in [-0.05, 0) is 30.7 Å². The van der Waals surface area contributed by atoms with Crippen molar-refractivity contribution < 1.29 is 13.9 Å². The molecule has 1 aliphatic heterocycles. The predicted octanol–water partition coefficient (Wildman–Crippen LogP) is 0.518. The molecule has 1 aromatic carbocycles. The molecule has 4 rings (SSSR count). The Kier molecular flexibility index (Phi) is 6.06. The number of fused-ring (bicyclic) bond motifs is 1. The smallest absolute Gasteiger partial charge is 0.408 e. The maximum Gasteiger partial charge on any atom is 0.419 e. The predicted molar refractivity (Wildman–Crippen MR) is 111 cm³/mol. The van der Waals surface area contributed by atoms with Gasteiger partial charge in [-0.25, -0.2) is 14.8 Å². The van der Waals surface area contributed by atoms with Crippen molar-refractivity contribution in [2.45, 2.75) is 25.0 Å². The Morgan fingerprint density at radius 1 is 1.39 bits per heavy atom. The van der Waals surface area contributed by atoms with Crippen molar-refractivity contribution in [3.63, 3.8) is 0 Å². The number of nitriles is 1. The topological polar surface area (TPSA) is 135 Å². The molecule has 3 heterocycles. The molecule has 160 valence electrons. The van der Waals surface area contributed by atoms with E-state index in [9.17, 15) is 14.9 Å². The van der Waals surface area contributed by atoms with Crippen LogP contribution in [0, 0.1) is 11.3 Å². The van der Waals surface area contributed by atoms with E-state index in [1.54, 1.807) is 25.5 Å². The number of oxazole rings is 1. The zero-order valence-electron chi connectivity index (χ0n) is 17.0.